The summed E-state index contributed by atoms with van der Waals surface area (Å²) in [6.45, 7) is 0. The molecule has 0 atom stereocenters. The fourth-order valence-corrected chi connectivity index (χ4v) is 1.60. The van der Waals surface area contributed by atoms with Crippen molar-refractivity contribution in [2.45, 2.75) is 5.88 Å². The van der Waals surface area contributed by atoms with Crippen molar-refractivity contribution in [3.63, 3.8) is 0 Å². The minimum Gasteiger partial charge on any atom is -0.220 e. The van der Waals surface area contributed by atoms with Gasteiger partial charge in [0.1, 0.15) is 5.82 Å². The molecule has 0 aliphatic carbocycles. The number of aromatic nitrogens is 3. The van der Waals surface area contributed by atoms with Gasteiger partial charge in [-0.1, -0.05) is 5.21 Å². The van der Waals surface area contributed by atoms with E-state index in [4.69, 9.17) is 11.6 Å². The number of hydrogen-bond donors (Lipinski definition) is 0. The number of alkyl halides is 1. The van der Waals surface area contributed by atoms with E-state index in [0.29, 0.717) is 16.0 Å². The van der Waals surface area contributed by atoms with E-state index in [9.17, 15) is 4.39 Å². The van der Waals surface area contributed by atoms with Gasteiger partial charge in [-0.05, 0) is 34.1 Å². The predicted octanol–water partition coefficient (Wildman–Crippen LogP) is 2.91. The van der Waals surface area contributed by atoms with E-state index in [1.807, 2.05) is 0 Å². The topological polar surface area (TPSA) is 30.7 Å². The van der Waals surface area contributed by atoms with E-state index < -0.39 is 0 Å². The lowest BCUT2D eigenvalue weighted by molar-refractivity contribution is 0.620. The average molecular weight is 291 g/mol. The van der Waals surface area contributed by atoms with Crippen LogP contribution in [-0.2, 0) is 5.88 Å². The Hall–Kier alpha value is -0.940. The van der Waals surface area contributed by atoms with Crippen LogP contribution in [0.25, 0.3) is 5.69 Å². The summed E-state index contributed by atoms with van der Waals surface area (Å²) in [5, 5.41) is 7.70. The molecule has 0 saturated heterocycles. The van der Waals surface area contributed by atoms with Crippen LogP contribution < -0.4 is 0 Å². The number of rotatable bonds is 2. The summed E-state index contributed by atoms with van der Waals surface area (Å²) in [6, 6.07) is 4.61. The molecular weight excluding hydrogens is 284 g/mol. The summed E-state index contributed by atoms with van der Waals surface area (Å²) in [5.41, 5.74) is 1.41. The van der Waals surface area contributed by atoms with Gasteiger partial charge in [0.15, 0.2) is 0 Å². The Morgan fingerprint density at radius 3 is 2.87 bits per heavy atom. The molecule has 0 aliphatic rings. The lowest BCUT2D eigenvalue weighted by Gasteiger charge is -2.00. The highest BCUT2D eigenvalue weighted by Crippen LogP contribution is 2.19. The van der Waals surface area contributed by atoms with E-state index in [2.05, 4.69) is 26.2 Å². The number of nitrogens with zero attached hydrogens (tertiary/aromatic N) is 3. The van der Waals surface area contributed by atoms with Crippen molar-refractivity contribution >= 4 is 27.5 Å². The highest BCUT2D eigenvalue weighted by Gasteiger charge is 2.04. The normalized spacial score (nSPS) is 10.6. The molecule has 0 aliphatic heterocycles. The van der Waals surface area contributed by atoms with E-state index in [0.717, 1.165) is 5.69 Å². The second kappa shape index (κ2) is 4.28. The van der Waals surface area contributed by atoms with Gasteiger partial charge in [-0.25, -0.2) is 9.07 Å². The van der Waals surface area contributed by atoms with E-state index in [1.54, 1.807) is 23.0 Å². The number of benzene rings is 1. The quantitative estimate of drug-likeness (QED) is 0.796. The van der Waals surface area contributed by atoms with Gasteiger partial charge in [-0.15, -0.1) is 16.7 Å². The van der Waals surface area contributed by atoms with Gasteiger partial charge in [-0.2, -0.15) is 0 Å². The first-order valence-electron chi connectivity index (χ1n) is 4.13. The molecule has 0 amide bonds. The zero-order chi connectivity index (χ0) is 10.8. The molecule has 78 valence electrons. The monoisotopic (exact) mass is 289 g/mol. The highest BCUT2D eigenvalue weighted by molar-refractivity contribution is 9.10. The zero-order valence-corrected chi connectivity index (χ0v) is 9.83. The Balaban J connectivity index is 2.40. The van der Waals surface area contributed by atoms with Crippen LogP contribution in [0.4, 0.5) is 4.39 Å². The van der Waals surface area contributed by atoms with Crippen LogP contribution >= 0.6 is 27.5 Å². The maximum absolute atomic E-state index is 13.0. The summed E-state index contributed by atoms with van der Waals surface area (Å²) in [7, 11) is 0. The molecular formula is C9H6BrClFN3. The maximum atomic E-state index is 13.0. The molecule has 0 bridgehead atoms. The molecule has 0 fully saturated rings. The molecule has 0 radical (unpaired) electrons. The minimum absolute atomic E-state index is 0.308. The zero-order valence-electron chi connectivity index (χ0n) is 7.49. The molecule has 15 heavy (non-hydrogen) atoms. The summed E-state index contributed by atoms with van der Waals surface area (Å²) in [5.74, 6) is -0.000958. The van der Waals surface area contributed by atoms with Crippen LogP contribution in [0.5, 0.6) is 0 Å². The first-order valence-corrected chi connectivity index (χ1v) is 5.46. The molecule has 6 heteroatoms. The second-order valence-electron chi connectivity index (χ2n) is 2.89. The Labute approximate surface area is 99.0 Å². The Morgan fingerprint density at radius 1 is 1.47 bits per heavy atom. The van der Waals surface area contributed by atoms with Crippen LogP contribution in [0.15, 0.2) is 28.9 Å². The second-order valence-corrected chi connectivity index (χ2v) is 4.01. The fraction of sp³-hybridized carbons (Fsp3) is 0.111. The van der Waals surface area contributed by atoms with Crippen LogP contribution in [0, 0.1) is 5.82 Å². The average Bonchev–Trinajstić information content (AvgIpc) is 2.70. The fourth-order valence-electron chi connectivity index (χ4n) is 1.11. The summed E-state index contributed by atoms with van der Waals surface area (Å²) < 4.78 is 14.9. The molecule has 1 aromatic heterocycles. The van der Waals surface area contributed by atoms with Crippen LogP contribution in [0.3, 0.4) is 0 Å². The third-order valence-electron chi connectivity index (χ3n) is 1.85. The number of hydrogen-bond acceptors (Lipinski definition) is 2. The molecule has 2 rings (SSSR count). The molecule has 2 aromatic rings. The van der Waals surface area contributed by atoms with Crippen molar-refractivity contribution in [3.8, 4) is 5.69 Å². The van der Waals surface area contributed by atoms with Gasteiger partial charge < -0.3 is 0 Å². The highest BCUT2D eigenvalue weighted by atomic mass is 79.9. The van der Waals surface area contributed by atoms with Crippen molar-refractivity contribution in [1.29, 1.82) is 0 Å². The van der Waals surface area contributed by atoms with Crippen molar-refractivity contribution in [3.05, 3.63) is 40.4 Å². The van der Waals surface area contributed by atoms with Gasteiger partial charge in [-0.3, -0.25) is 0 Å². The third kappa shape index (κ3) is 2.18. The maximum Gasteiger partial charge on any atom is 0.137 e. The van der Waals surface area contributed by atoms with E-state index >= 15 is 0 Å². The van der Waals surface area contributed by atoms with Gasteiger partial charge in [0, 0.05) is 0 Å². The lowest BCUT2D eigenvalue weighted by Crippen LogP contribution is -1.95. The van der Waals surface area contributed by atoms with Gasteiger partial charge in [0.2, 0.25) is 0 Å². The SMILES string of the molecule is Fc1ccc(-n2cc(CCl)nn2)cc1Br. The van der Waals surface area contributed by atoms with Gasteiger partial charge in [0.25, 0.3) is 0 Å². The summed E-state index contributed by atoms with van der Waals surface area (Å²) in [6.07, 6.45) is 1.70. The van der Waals surface area contributed by atoms with Crippen LogP contribution in [-0.4, -0.2) is 15.0 Å². The molecule has 0 saturated carbocycles. The number of halogens is 3. The smallest absolute Gasteiger partial charge is 0.137 e. The Bertz CT molecular complexity index is 486. The first-order chi connectivity index (χ1) is 7.20. The first kappa shape index (κ1) is 10.6. The van der Waals surface area contributed by atoms with E-state index in [-0.39, 0.29) is 5.82 Å². The predicted molar refractivity (Wildman–Crippen MR) is 58.6 cm³/mol. The standard InChI is InChI=1S/C9H6BrClFN3/c10-8-3-7(1-2-9(8)12)15-5-6(4-11)13-14-15/h1-3,5H,4H2. The summed E-state index contributed by atoms with van der Waals surface area (Å²) >= 11 is 8.70. The van der Waals surface area contributed by atoms with Gasteiger partial charge >= 0.3 is 0 Å². The molecule has 3 nitrogen and oxygen atoms in total. The third-order valence-corrected chi connectivity index (χ3v) is 2.73. The van der Waals surface area contributed by atoms with Crippen molar-refractivity contribution in [2.75, 3.05) is 0 Å². The largest absolute Gasteiger partial charge is 0.220 e. The molecule has 1 aromatic carbocycles. The van der Waals surface area contributed by atoms with Gasteiger partial charge in [0.05, 0.1) is 27.9 Å². The Kier molecular flexibility index (Phi) is 3.02. The molecule has 0 N–H and O–H groups in total. The van der Waals surface area contributed by atoms with Crippen molar-refractivity contribution < 1.29 is 4.39 Å². The van der Waals surface area contributed by atoms with E-state index in [1.165, 1.54) is 6.07 Å². The minimum atomic E-state index is -0.309. The van der Waals surface area contributed by atoms with Crippen LogP contribution in [0.2, 0.25) is 0 Å². The molecule has 1 heterocycles. The Morgan fingerprint density at radius 2 is 2.27 bits per heavy atom. The van der Waals surface area contributed by atoms with Crippen LogP contribution in [0.1, 0.15) is 5.69 Å². The van der Waals surface area contributed by atoms with Crippen molar-refractivity contribution in [2.24, 2.45) is 0 Å². The summed E-state index contributed by atoms with van der Waals surface area (Å²) in [4.78, 5) is 0. The molecule has 0 unspecified atom stereocenters. The lowest BCUT2D eigenvalue weighted by atomic mass is 10.3. The van der Waals surface area contributed by atoms with Crippen molar-refractivity contribution in [1.82, 2.24) is 15.0 Å². The molecule has 0 spiro atoms.